The molecule has 6 nitrogen and oxygen atoms in total. The highest BCUT2D eigenvalue weighted by Crippen LogP contribution is 2.28. The number of carbonyl (C=O) groups excluding carboxylic acids is 2. The molecule has 0 bridgehead atoms. The molecule has 2 amide bonds. The van der Waals surface area contributed by atoms with E-state index in [4.69, 9.17) is 23.2 Å². The summed E-state index contributed by atoms with van der Waals surface area (Å²) in [5.41, 5.74) is 3.37. The predicted molar refractivity (Wildman–Crippen MR) is 127 cm³/mol. The number of nitrogens with one attached hydrogen (secondary N) is 1. The van der Waals surface area contributed by atoms with Crippen molar-refractivity contribution < 1.29 is 14.8 Å². The van der Waals surface area contributed by atoms with Gasteiger partial charge in [-0.15, -0.1) is 0 Å². The topological polar surface area (TPSA) is 82.0 Å². The molecule has 1 aliphatic rings. The van der Waals surface area contributed by atoms with Crippen molar-refractivity contribution in [3.05, 3.63) is 93.5 Å². The van der Waals surface area contributed by atoms with Gasteiger partial charge in [0, 0.05) is 39.0 Å². The summed E-state index contributed by atoms with van der Waals surface area (Å²) in [7, 11) is 0. The molecule has 32 heavy (non-hydrogen) atoms. The third kappa shape index (κ3) is 4.61. The first-order valence-electron chi connectivity index (χ1n) is 9.96. The van der Waals surface area contributed by atoms with Crippen LogP contribution in [0.4, 0.5) is 11.4 Å². The Morgan fingerprint density at radius 3 is 2.31 bits per heavy atom. The number of hydrogen-bond acceptors (Lipinski definition) is 4. The molecule has 1 heterocycles. The summed E-state index contributed by atoms with van der Waals surface area (Å²) >= 11 is 11.9. The van der Waals surface area contributed by atoms with Crippen LogP contribution >= 0.6 is 23.2 Å². The number of halogens is 2. The minimum Gasteiger partial charge on any atom is -0.411 e. The maximum Gasteiger partial charge on any atom is 0.258 e. The molecule has 3 aromatic rings. The van der Waals surface area contributed by atoms with Crippen LogP contribution in [-0.2, 0) is 0 Å². The lowest BCUT2D eigenvalue weighted by Gasteiger charge is -2.23. The average molecular weight is 468 g/mol. The molecule has 0 aromatic heterocycles. The second kappa shape index (κ2) is 9.42. The first-order chi connectivity index (χ1) is 15.5. The Bertz CT molecular complexity index is 1190. The number of rotatable bonds is 3. The lowest BCUT2D eigenvalue weighted by atomic mass is 10.1. The van der Waals surface area contributed by atoms with Crippen molar-refractivity contribution in [1.82, 2.24) is 0 Å². The zero-order valence-corrected chi connectivity index (χ0v) is 18.4. The van der Waals surface area contributed by atoms with Gasteiger partial charge in [0.15, 0.2) is 0 Å². The van der Waals surface area contributed by atoms with Gasteiger partial charge in [-0.2, -0.15) is 0 Å². The summed E-state index contributed by atoms with van der Waals surface area (Å²) in [6.45, 7) is 0.503. The molecule has 0 spiro atoms. The van der Waals surface area contributed by atoms with Crippen molar-refractivity contribution in [1.29, 1.82) is 0 Å². The number of amides is 2. The first kappa shape index (κ1) is 21.9. The van der Waals surface area contributed by atoms with E-state index in [-0.39, 0.29) is 11.8 Å². The Labute approximate surface area is 195 Å². The molecule has 1 aliphatic heterocycles. The lowest BCUT2D eigenvalue weighted by molar-refractivity contribution is 0.0985. The fraction of sp³-hybridized carbons (Fsp3) is 0.125. The fourth-order valence-electron chi connectivity index (χ4n) is 3.67. The van der Waals surface area contributed by atoms with E-state index in [0.717, 1.165) is 5.56 Å². The van der Waals surface area contributed by atoms with Gasteiger partial charge in [0.25, 0.3) is 11.8 Å². The number of para-hydroxylation sites is 1. The van der Waals surface area contributed by atoms with E-state index in [1.165, 1.54) is 12.1 Å². The standard InChI is InChI=1S/C24H19Cl2N3O3/c25-17-12-16(13-18(26)14-17)23(30)27-19-9-7-15(8-10-19)24(31)29-11-3-5-21(28-32)20-4-1-2-6-22(20)29/h1-2,4,6-10,12-14,32H,3,5,11H2,(H,27,30). The van der Waals surface area contributed by atoms with Gasteiger partial charge in [0.1, 0.15) is 0 Å². The minimum atomic E-state index is -0.356. The zero-order valence-electron chi connectivity index (χ0n) is 16.9. The van der Waals surface area contributed by atoms with Crippen LogP contribution < -0.4 is 10.2 Å². The number of benzene rings is 3. The normalized spacial score (nSPS) is 14.6. The van der Waals surface area contributed by atoms with Crippen LogP contribution in [-0.4, -0.2) is 29.3 Å². The van der Waals surface area contributed by atoms with E-state index in [2.05, 4.69) is 10.5 Å². The van der Waals surface area contributed by atoms with Gasteiger partial charge in [-0.25, -0.2) is 0 Å². The average Bonchev–Trinajstić information content (AvgIpc) is 2.98. The van der Waals surface area contributed by atoms with Crippen molar-refractivity contribution in [2.45, 2.75) is 12.8 Å². The van der Waals surface area contributed by atoms with E-state index in [1.54, 1.807) is 35.2 Å². The highest BCUT2D eigenvalue weighted by molar-refractivity contribution is 6.35. The van der Waals surface area contributed by atoms with Crippen molar-refractivity contribution in [3.8, 4) is 0 Å². The third-order valence-electron chi connectivity index (χ3n) is 5.18. The van der Waals surface area contributed by atoms with E-state index >= 15 is 0 Å². The van der Waals surface area contributed by atoms with E-state index in [9.17, 15) is 14.8 Å². The molecule has 0 fully saturated rings. The van der Waals surface area contributed by atoms with E-state index < -0.39 is 0 Å². The zero-order chi connectivity index (χ0) is 22.7. The molecule has 0 aliphatic carbocycles. The lowest BCUT2D eigenvalue weighted by Crippen LogP contribution is -2.31. The molecule has 3 aromatic carbocycles. The number of oxime groups is 1. The molecule has 162 valence electrons. The molecule has 0 unspecified atom stereocenters. The van der Waals surface area contributed by atoms with Crippen LogP contribution in [0, 0.1) is 0 Å². The van der Waals surface area contributed by atoms with Crippen LogP contribution in [0.5, 0.6) is 0 Å². The molecule has 0 radical (unpaired) electrons. The summed E-state index contributed by atoms with van der Waals surface area (Å²) in [5, 5.41) is 16.3. The predicted octanol–water partition coefficient (Wildman–Crippen LogP) is 5.86. The maximum absolute atomic E-state index is 13.2. The number of fused-ring (bicyclic) bond motifs is 1. The van der Waals surface area contributed by atoms with Gasteiger partial charge in [0.2, 0.25) is 0 Å². The first-order valence-corrected chi connectivity index (χ1v) is 10.7. The van der Waals surface area contributed by atoms with Crippen LogP contribution in [0.25, 0.3) is 0 Å². The van der Waals surface area contributed by atoms with Crippen molar-refractivity contribution in [2.75, 3.05) is 16.8 Å². The summed E-state index contributed by atoms with van der Waals surface area (Å²) in [4.78, 5) is 27.4. The molecule has 2 N–H and O–H groups in total. The Morgan fingerprint density at radius 2 is 1.62 bits per heavy atom. The monoisotopic (exact) mass is 467 g/mol. The summed E-state index contributed by atoms with van der Waals surface area (Å²) in [6, 6.07) is 18.7. The van der Waals surface area contributed by atoms with Crippen molar-refractivity contribution in [2.24, 2.45) is 5.16 Å². The summed E-state index contributed by atoms with van der Waals surface area (Å²) in [5.74, 6) is -0.526. The number of nitrogens with zero attached hydrogens (tertiary/aromatic N) is 2. The van der Waals surface area contributed by atoms with Gasteiger partial charge in [-0.1, -0.05) is 46.6 Å². The van der Waals surface area contributed by atoms with Gasteiger partial charge in [0.05, 0.1) is 11.4 Å². The largest absolute Gasteiger partial charge is 0.411 e. The SMILES string of the molecule is O=C(Nc1ccc(C(=O)N2CCCC(=NO)c3ccccc32)cc1)c1cc(Cl)cc(Cl)c1. The quantitative estimate of drug-likeness (QED) is 0.373. The smallest absolute Gasteiger partial charge is 0.258 e. The second-order valence-electron chi connectivity index (χ2n) is 7.31. The maximum atomic E-state index is 13.2. The highest BCUT2D eigenvalue weighted by atomic mass is 35.5. The number of carbonyl (C=O) groups is 2. The highest BCUT2D eigenvalue weighted by Gasteiger charge is 2.25. The summed E-state index contributed by atoms with van der Waals surface area (Å²) in [6.07, 6.45) is 1.26. The Balaban J connectivity index is 1.54. The molecule has 8 heteroatoms. The van der Waals surface area contributed by atoms with Crippen LogP contribution in [0.2, 0.25) is 10.0 Å². The summed E-state index contributed by atoms with van der Waals surface area (Å²) < 4.78 is 0. The minimum absolute atomic E-state index is 0.170. The van der Waals surface area contributed by atoms with Crippen LogP contribution in [0.1, 0.15) is 39.1 Å². The van der Waals surface area contributed by atoms with Crippen molar-refractivity contribution >= 4 is 52.1 Å². The Kier molecular flexibility index (Phi) is 6.44. The Hall–Kier alpha value is -3.35. The van der Waals surface area contributed by atoms with Crippen molar-refractivity contribution in [3.63, 3.8) is 0 Å². The van der Waals surface area contributed by atoms with E-state index in [1.807, 2.05) is 24.3 Å². The van der Waals surface area contributed by atoms with Gasteiger partial charge < -0.3 is 15.4 Å². The third-order valence-corrected chi connectivity index (χ3v) is 5.62. The number of hydrogen-bond donors (Lipinski definition) is 2. The molecule has 0 saturated heterocycles. The van der Waals surface area contributed by atoms with Gasteiger partial charge >= 0.3 is 0 Å². The molecular weight excluding hydrogens is 449 g/mol. The van der Waals surface area contributed by atoms with Gasteiger partial charge in [-0.05, 0) is 61.4 Å². The molecular formula is C24H19Cl2N3O3. The molecule has 0 saturated carbocycles. The fourth-order valence-corrected chi connectivity index (χ4v) is 4.19. The Morgan fingerprint density at radius 1 is 0.938 bits per heavy atom. The molecule has 4 rings (SSSR count). The molecule has 0 atom stereocenters. The van der Waals surface area contributed by atoms with Gasteiger partial charge in [-0.3, -0.25) is 9.59 Å². The van der Waals surface area contributed by atoms with Crippen LogP contribution in [0.3, 0.4) is 0 Å². The van der Waals surface area contributed by atoms with E-state index in [0.29, 0.717) is 57.6 Å². The number of anilines is 2. The van der Waals surface area contributed by atoms with Crippen LogP contribution in [0.15, 0.2) is 71.9 Å². The second-order valence-corrected chi connectivity index (χ2v) is 8.19.